The molecule has 1 aliphatic rings. The lowest BCUT2D eigenvalue weighted by Gasteiger charge is -2.09. The van der Waals surface area contributed by atoms with Gasteiger partial charge in [-0.2, -0.15) is 4.98 Å². The molecule has 5 nitrogen and oxygen atoms in total. The summed E-state index contributed by atoms with van der Waals surface area (Å²) in [5, 5.41) is 4.08. The molecule has 0 bridgehead atoms. The number of ether oxygens (including phenoxy) is 1. The fourth-order valence-corrected chi connectivity index (χ4v) is 2.27. The molecule has 1 aliphatic heterocycles. The van der Waals surface area contributed by atoms with E-state index in [0.717, 1.165) is 24.5 Å². The summed E-state index contributed by atoms with van der Waals surface area (Å²) in [5.41, 5.74) is 0.975. The van der Waals surface area contributed by atoms with Gasteiger partial charge in [0.25, 0.3) is 5.89 Å². The number of hydrogen-bond acceptors (Lipinski definition) is 4. The van der Waals surface area contributed by atoms with Gasteiger partial charge in [-0.15, -0.1) is 0 Å². The van der Waals surface area contributed by atoms with Gasteiger partial charge < -0.3 is 13.8 Å². The number of hydrogen-bond donors (Lipinski definition) is 0. The van der Waals surface area contributed by atoms with Crippen LogP contribution in [-0.4, -0.2) is 27.9 Å². The molecule has 1 saturated heterocycles. The second-order valence-electron chi connectivity index (χ2n) is 4.91. The van der Waals surface area contributed by atoms with Crippen molar-refractivity contribution < 1.29 is 9.26 Å². The minimum absolute atomic E-state index is 0.282. The Hall–Kier alpha value is -1.62. The Balaban J connectivity index is 1.90. The molecule has 3 heterocycles. The van der Waals surface area contributed by atoms with E-state index in [2.05, 4.69) is 28.6 Å². The van der Waals surface area contributed by atoms with E-state index < -0.39 is 0 Å². The van der Waals surface area contributed by atoms with Crippen LogP contribution in [0.15, 0.2) is 22.9 Å². The smallest absolute Gasteiger partial charge is 0.274 e. The molecule has 0 radical (unpaired) electrons. The maximum atomic E-state index is 5.37. The maximum absolute atomic E-state index is 5.37. The molecular weight excluding hydrogens is 230 g/mol. The highest BCUT2D eigenvalue weighted by Gasteiger charge is 2.24. The van der Waals surface area contributed by atoms with E-state index >= 15 is 0 Å². The van der Waals surface area contributed by atoms with Gasteiger partial charge in [0.05, 0.1) is 6.61 Å². The Morgan fingerprint density at radius 1 is 1.44 bits per heavy atom. The summed E-state index contributed by atoms with van der Waals surface area (Å²) < 4.78 is 12.8. The third kappa shape index (κ3) is 1.95. The first-order valence-electron chi connectivity index (χ1n) is 6.34. The van der Waals surface area contributed by atoms with Crippen molar-refractivity contribution in [3.63, 3.8) is 0 Å². The molecule has 96 valence electrons. The topological polar surface area (TPSA) is 53.1 Å². The second kappa shape index (κ2) is 4.57. The van der Waals surface area contributed by atoms with Crippen molar-refractivity contribution in [1.82, 2.24) is 14.7 Å². The number of rotatable bonds is 3. The molecule has 2 aromatic heterocycles. The Bertz CT molecular complexity index is 524. The Labute approximate surface area is 106 Å². The highest BCUT2D eigenvalue weighted by Crippen LogP contribution is 2.27. The van der Waals surface area contributed by atoms with Crippen LogP contribution < -0.4 is 0 Å². The van der Waals surface area contributed by atoms with Crippen molar-refractivity contribution in [3.8, 4) is 11.6 Å². The van der Waals surface area contributed by atoms with Crippen LogP contribution in [0.4, 0.5) is 0 Å². The molecule has 1 atom stereocenters. The van der Waals surface area contributed by atoms with Crippen LogP contribution in [0.1, 0.15) is 38.1 Å². The molecule has 0 N–H and O–H groups in total. The summed E-state index contributed by atoms with van der Waals surface area (Å²) in [6, 6.07) is 4.38. The first kappa shape index (κ1) is 11.5. The molecule has 0 unspecified atom stereocenters. The molecule has 0 spiro atoms. The van der Waals surface area contributed by atoms with Crippen LogP contribution in [0.2, 0.25) is 0 Å². The van der Waals surface area contributed by atoms with Gasteiger partial charge >= 0.3 is 0 Å². The van der Waals surface area contributed by atoms with Gasteiger partial charge in [-0.05, 0) is 32.4 Å². The van der Waals surface area contributed by atoms with Gasteiger partial charge in [0.1, 0.15) is 5.69 Å². The quantitative estimate of drug-likeness (QED) is 0.836. The van der Waals surface area contributed by atoms with E-state index in [1.54, 1.807) is 0 Å². The lowest BCUT2D eigenvalue weighted by Crippen LogP contribution is -2.02. The van der Waals surface area contributed by atoms with Crippen molar-refractivity contribution in [1.29, 1.82) is 0 Å². The Kier molecular flexibility index (Phi) is 2.91. The normalized spacial score (nSPS) is 19.8. The molecular formula is C13H17N3O2. The molecule has 0 aliphatic carbocycles. The standard InChI is InChI=1S/C13H17N3O2/c1-9(2)16-6-3-4-11(16)13-14-12(15-18-13)10-5-7-17-8-10/h3-4,6,9-10H,5,7-8H2,1-2H3/t10-/m0/s1. The zero-order chi connectivity index (χ0) is 12.5. The predicted octanol–water partition coefficient (Wildman–Crippen LogP) is 2.62. The summed E-state index contributed by atoms with van der Waals surface area (Å²) in [6.45, 7) is 5.75. The van der Waals surface area contributed by atoms with E-state index in [4.69, 9.17) is 9.26 Å². The molecule has 0 saturated carbocycles. The fourth-order valence-electron chi connectivity index (χ4n) is 2.27. The second-order valence-corrected chi connectivity index (χ2v) is 4.91. The SMILES string of the molecule is CC(C)n1cccc1-c1nc([C@H]2CCOC2)no1. The molecule has 18 heavy (non-hydrogen) atoms. The van der Waals surface area contributed by atoms with Crippen molar-refractivity contribution in [2.24, 2.45) is 0 Å². The van der Waals surface area contributed by atoms with E-state index in [1.807, 2.05) is 18.3 Å². The predicted molar refractivity (Wildman–Crippen MR) is 66.3 cm³/mol. The monoisotopic (exact) mass is 247 g/mol. The minimum atomic E-state index is 0.282. The Morgan fingerprint density at radius 3 is 3.06 bits per heavy atom. The first-order valence-corrected chi connectivity index (χ1v) is 6.34. The summed E-state index contributed by atoms with van der Waals surface area (Å²) >= 11 is 0. The van der Waals surface area contributed by atoms with Crippen molar-refractivity contribution in [2.45, 2.75) is 32.2 Å². The lowest BCUT2D eigenvalue weighted by atomic mass is 10.1. The zero-order valence-corrected chi connectivity index (χ0v) is 10.7. The lowest BCUT2D eigenvalue weighted by molar-refractivity contribution is 0.192. The third-order valence-corrected chi connectivity index (χ3v) is 3.29. The summed E-state index contributed by atoms with van der Waals surface area (Å²) in [4.78, 5) is 4.50. The van der Waals surface area contributed by atoms with Gasteiger partial charge in [-0.25, -0.2) is 0 Å². The minimum Gasteiger partial charge on any atom is -0.381 e. The van der Waals surface area contributed by atoms with Gasteiger partial charge in [0.15, 0.2) is 5.82 Å². The molecule has 1 fully saturated rings. The average molecular weight is 247 g/mol. The van der Waals surface area contributed by atoms with Crippen LogP contribution in [0.5, 0.6) is 0 Å². The summed E-state index contributed by atoms with van der Waals surface area (Å²) in [7, 11) is 0. The number of nitrogens with zero attached hydrogens (tertiary/aromatic N) is 3. The van der Waals surface area contributed by atoms with Gasteiger partial charge in [0, 0.05) is 24.8 Å². The van der Waals surface area contributed by atoms with Gasteiger partial charge in [-0.1, -0.05) is 5.16 Å². The first-order chi connectivity index (χ1) is 8.75. The number of aromatic nitrogens is 3. The Morgan fingerprint density at radius 2 is 2.33 bits per heavy atom. The molecule has 3 rings (SSSR count). The molecule has 0 aromatic carbocycles. The van der Waals surface area contributed by atoms with Crippen LogP contribution >= 0.6 is 0 Å². The van der Waals surface area contributed by atoms with Gasteiger partial charge in [-0.3, -0.25) is 0 Å². The maximum Gasteiger partial charge on any atom is 0.274 e. The van der Waals surface area contributed by atoms with E-state index in [1.165, 1.54) is 0 Å². The van der Waals surface area contributed by atoms with Crippen LogP contribution in [0, 0.1) is 0 Å². The van der Waals surface area contributed by atoms with E-state index in [-0.39, 0.29) is 5.92 Å². The third-order valence-electron chi connectivity index (χ3n) is 3.29. The molecule has 0 amide bonds. The van der Waals surface area contributed by atoms with Crippen molar-refractivity contribution in [2.75, 3.05) is 13.2 Å². The van der Waals surface area contributed by atoms with Crippen LogP contribution in [0.25, 0.3) is 11.6 Å². The van der Waals surface area contributed by atoms with E-state index in [9.17, 15) is 0 Å². The average Bonchev–Trinajstić information content (AvgIpc) is 3.10. The highest BCUT2D eigenvalue weighted by atomic mass is 16.5. The summed E-state index contributed by atoms with van der Waals surface area (Å²) in [6.07, 6.45) is 3.01. The largest absolute Gasteiger partial charge is 0.381 e. The molecule has 2 aromatic rings. The highest BCUT2D eigenvalue weighted by molar-refractivity contribution is 5.48. The zero-order valence-electron chi connectivity index (χ0n) is 10.7. The van der Waals surface area contributed by atoms with Gasteiger partial charge in [0.2, 0.25) is 0 Å². The summed E-state index contributed by atoms with van der Waals surface area (Å²) in [5.74, 6) is 1.64. The van der Waals surface area contributed by atoms with Crippen LogP contribution in [-0.2, 0) is 4.74 Å². The fraction of sp³-hybridized carbons (Fsp3) is 0.538. The molecule has 5 heteroatoms. The van der Waals surface area contributed by atoms with Crippen molar-refractivity contribution in [3.05, 3.63) is 24.2 Å². The van der Waals surface area contributed by atoms with Crippen molar-refractivity contribution >= 4 is 0 Å². The van der Waals surface area contributed by atoms with E-state index in [0.29, 0.717) is 18.5 Å². The van der Waals surface area contributed by atoms with Crippen LogP contribution in [0.3, 0.4) is 0 Å².